The van der Waals surface area contributed by atoms with Gasteiger partial charge in [0.15, 0.2) is 11.6 Å². The normalized spacial score (nSPS) is 17.8. The van der Waals surface area contributed by atoms with Gasteiger partial charge in [-0.2, -0.15) is 0 Å². The van der Waals surface area contributed by atoms with Crippen molar-refractivity contribution in [2.45, 2.75) is 18.9 Å². The second-order valence-electron chi connectivity index (χ2n) is 4.66. The Morgan fingerprint density at radius 3 is 2.78 bits per heavy atom. The van der Waals surface area contributed by atoms with Crippen LogP contribution in [0.5, 0.6) is 0 Å². The number of hydrogen-bond acceptors (Lipinski definition) is 1. The molecule has 0 fully saturated rings. The van der Waals surface area contributed by atoms with Crippen LogP contribution in [0.2, 0.25) is 0 Å². The minimum Gasteiger partial charge on any atom is -0.324 e. The summed E-state index contributed by atoms with van der Waals surface area (Å²) in [5.41, 5.74) is 9.23. The van der Waals surface area contributed by atoms with E-state index >= 15 is 0 Å². The summed E-state index contributed by atoms with van der Waals surface area (Å²) in [4.78, 5) is 0. The fourth-order valence-electron chi connectivity index (χ4n) is 2.54. The van der Waals surface area contributed by atoms with Gasteiger partial charge in [0.1, 0.15) is 0 Å². The van der Waals surface area contributed by atoms with Crippen LogP contribution in [0.15, 0.2) is 36.4 Å². The molecule has 2 N–H and O–H groups in total. The predicted molar refractivity (Wildman–Crippen MR) is 67.0 cm³/mol. The van der Waals surface area contributed by atoms with E-state index in [1.165, 1.54) is 6.07 Å². The molecule has 2 aromatic rings. The van der Waals surface area contributed by atoms with Crippen molar-refractivity contribution < 1.29 is 8.78 Å². The molecule has 0 aromatic heterocycles. The van der Waals surface area contributed by atoms with Crippen LogP contribution in [0.4, 0.5) is 8.78 Å². The first kappa shape index (κ1) is 11.4. The van der Waals surface area contributed by atoms with Crippen LogP contribution in [0, 0.1) is 11.6 Å². The number of benzene rings is 2. The summed E-state index contributed by atoms with van der Waals surface area (Å²) in [6.07, 6.45) is 1.83. The number of fused-ring (bicyclic) bond motifs is 1. The predicted octanol–water partition coefficient (Wildman–Crippen LogP) is 3.58. The molecule has 0 bridgehead atoms. The van der Waals surface area contributed by atoms with Crippen LogP contribution in [-0.4, -0.2) is 0 Å². The van der Waals surface area contributed by atoms with Gasteiger partial charge in [-0.1, -0.05) is 30.3 Å². The first-order valence-electron chi connectivity index (χ1n) is 5.99. The Morgan fingerprint density at radius 2 is 1.94 bits per heavy atom. The third kappa shape index (κ3) is 1.71. The smallest absolute Gasteiger partial charge is 0.166 e. The average molecular weight is 245 g/mol. The summed E-state index contributed by atoms with van der Waals surface area (Å²) in [6.45, 7) is 0. The zero-order valence-corrected chi connectivity index (χ0v) is 9.79. The van der Waals surface area contributed by atoms with Crippen molar-refractivity contribution in [3.63, 3.8) is 0 Å². The number of nitrogens with two attached hydrogens (primary N) is 1. The van der Waals surface area contributed by atoms with E-state index in [1.807, 2.05) is 18.2 Å². The van der Waals surface area contributed by atoms with Gasteiger partial charge in [-0.25, -0.2) is 8.78 Å². The van der Waals surface area contributed by atoms with Gasteiger partial charge < -0.3 is 5.73 Å². The summed E-state index contributed by atoms with van der Waals surface area (Å²) in [7, 11) is 0. The molecule has 0 saturated heterocycles. The van der Waals surface area contributed by atoms with Gasteiger partial charge in [-0.3, -0.25) is 0 Å². The van der Waals surface area contributed by atoms with E-state index in [9.17, 15) is 8.78 Å². The van der Waals surface area contributed by atoms with Crippen molar-refractivity contribution in [2.24, 2.45) is 5.73 Å². The van der Waals surface area contributed by atoms with E-state index in [1.54, 1.807) is 6.07 Å². The van der Waals surface area contributed by atoms with Crippen molar-refractivity contribution in [1.29, 1.82) is 0 Å². The van der Waals surface area contributed by atoms with Gasteiger partial charge in [0, 0.05) is 11.6 Å². The lowest BCUT2D eigenvalue weighted by Crippen LogP contribution is -2.04. The standard InChI is InChI=1S/C15H13F2N/c16-13-3-1-2-12(15(13)17)10-4-6-11-9(8-10)5-7-14(11)18/h1-4,6,8,14H,5,7,18H2. The van der Waals surface area contributed by atoms with Gasteiger partial charge in [-0.15, -0.1) is 0 Å². The molecule has 2 aromatic carbocycles. The maximum absolute atomic E-state index is 13.7. The monoisotopic (exact) mass is 245 g/mol. The SMILES string of the molecule is NC1CCc2cc(-c3cccc(F)c3F)ccc21. The first-order chi connectivity index (χ1) is 8.66. The average Bonchev–Trinajstić information content (AvgIpc) is 2.74. The van der Waals surface area contributed by atoms with E-state index in [-0.39, 0.29) is 6.04 Å². The van der Waals surface area contributed by atoms with E-state index in [2.05, 4.69) is 0 Å². The highest BCUT2D eigenvalue weighted by molar-refractivity contribution is 5.66. The fourth-order valence-corrected chi connectivity index (χ4v) is 2.54. The lowest BCUT2D eigenvalue weighted by atomic mass is 9.99. The molecule has 1 aliphatic carbocycles. The summed E-state index contributed by atoms with van der Waals surface area (Å²) in [6, 6.07) is 9.96. The van der Waals surface area contributed by atoms with Gasteiger partial charge in [0.25, 0.3) is 0 Å². The van der Waals surface area contributed by atoms with Gasteiger partial charge >= 0.3 is 0 Å². The Morgan fingerprint density at radius 1 is 1.11 bits per heavy atom. The van der Waals surface area contributed by atoms with Crippen molar-refractivity contribution in [3.05, 3.63) is 59.2 Å². The molecule has 0 spiro atoms. The maximum Gasteiger partial charge on any atom is 0.166 e. The van der Waals surface area contributed by atoms with E-state index in [4.69, 9.17) is 5.73 Å². The Labute approximate surface area is 104 Å². The van der Waals surface area contributed by atoms with Crippen molar-refractivity contribution in [3.8, 4) is 11.1 Å². The second-order valence-corrected chi connectivity index (χ2v) is 4.66. The molecule has 3 rings (SSSR count). The maximum atomic E-state index is 13.7. The molecule has 18 heavy (non-hydrogen) atoms. The van der Waals surface area contributed by atoms with Crippen LogP contribution in [-0.2, 0) is 6.42 Å². The third-order valence-corrected chi connectivity index (χ3v) is 3.53. The highest BCUT2D eigenvalue weighted by atomic mass is 19.2. The molecule has 0 amide bonds. The number of aryl methyl sites for hydroxylation is 1. The van der Waals surface area contributed by atoms with E-state index < -0.39 is 11.6 Å². The highest BCUT2D eigenvalue weighted by Gasteiger charge is 2.20. The van der Waals surface area contributed by atoms with Gasteiger partial charge in [0.2, 0.25) is 0 Å². The van der Waals surface area contributed by atoms with Crippen LogP contribution in [0.25, 0.3) is 11.1 Å². The number of hydrogen-bond donors (Lipinski definition) is 1. The molecule has 1 unspecified atom stereocenters. The van der Waals surface area contributed by atoms with Gasteiger partial charge in [0.05, 0.1) is 0 Å². The quantitative estimate of drug-likeness (QED) is 0.816. The lowest BCUT2D eigenvalue weighted by Gasteiger charge is -2.08. The molecule has 1 atom stereocenters. The van der Waals surface area contributed by atoms with Crippen LogP contribution in [0.1, 0.15) is 23.6 Å². The largest absolute Gasteiger partial charge is 0.324 e. The Hall–Kier alpha value is -1.74. The molecule has 3 heteroatoms. The molecule has 1 nitrogen and oxygen atoms in total. The van der Waals surface area contributed by atoms with Crippen molar-refractivity contribution in [1.82, 2.24) is 0 Å². The Kier molecular flexibility index (Phi) is 2.63. The number of rotatable bonds is 1. The van der Waals surface area contributed by atoms with Crippen LogP contribution < -0.4 is 5.73 Å². The highest BCUT2D eigenvalue weighted by Crippen LogP contribution is 2.33. The Bertz CT molecular complexity index is 607. The van der Waals surface area contributed by atoms with Gasteiger partial charge in [-0.05, 0) is 35.6 Å². The molecule has 0 aliphatic heterocycles. The minimum atomic E-state index is -0.815. The number of halogens is 2. The van der Waals surface area contributed by atoms with Crippen LogP contribution >= 0.6 is 0 Å². The second kappa shape index (κ2) is 4.18. The summed E-state index contributed by atoms with van der Waals surface area (Å²) in [5.74, 6) is -1.61. The van der Waals surface area contributed by atoms with E-state index in [0.717, 1.165) is 30.0 Å². The summed E-state index contributed by atoms with van der Waals surface area (Å²) >= 11 is 0. The molecule has 1 aliphatic rings. The first-order valence-corrected chi connectivity index (χ1v) is 5.99. The molecular formula is C15H13F2N. The fraction of sp³-hybridized carbons (Fsp3) is 0.200. The molecule has 0 radical (unpaired) electrons. The molecular weight excluding hydrogens is 232 g/mol. The van der Waals surface area contributed by atoms with E-state index in [0.29, 0.717) is 11.1 Å². The Balaban J connectivity index is 2.11. The zero-order valence-electron chi connectivity index (χ0n) is 9.79. The topological polar surface area (TPSA) is 26.0 Å². The summed E-state index contributed by atoms with van der Waals surface area (Å²) in [5, 5.41) is 0. The minimum absolute atomic E-state index is 0.0754. The van der Waals surface area contributed by atoms with Crippen molar-refractivity contribution >= 4 is 0 Å². The van der Waals surface area contributed by atoms with Crippen LogP contribution in [0.3, 0.4) is 0 Å². The zero-order chi connectivity index (χ0) is 12.7. The molecule has 0 saturated carbocycles. The lowest BCUT2D eigenvalue weighted by molar-refractivity contribution is 0.511. The van der Waals surface area contributed by atoms with Crippen molar-refractivity contribution in [2.75, 3.05) is 0 Å². The molecule has 92 valence electrons. The molecule has 0 heterocycles. The third-order valence-electron chi connectivity index (χ3n) is 3.53. The summed E-state index contributed by atoms with van der Waals surface area (Å²) < 4.78 is 26.9.